The molecule has 1 saturated carbocycles. The van der Waals surface area contributed by atoms with Gasteiger partial charge < -0.3 is 0 Å². The summed E-state index contributed by atoms with van der Waals surface area (Å²) in [5.41, 5.74) is 2.51. The van der Waals surface area contributed by atoms with Crippen molar-refractivity contribution in [1.82, 2.24) is 0 Å². The van der Waals surface area contributed by atoms with Crippen LogP contribution >= 0.6 is 0 Å². The van der Waals surface area contributed by atoms with E-state index in [9.17, 15) is 0 Å². The Balaban J connectivity index is 0.00000180. The maximum atomic E-state index is 2.62. The van der Waals surface area contributed by atoms with Crippen LogP contribution < -0.4 is 0 Å². The van der Waals surface area contributed by atoms with Crippen molar-refractivity contribution >= 4 is 46.5 Å². The SMILES string of the molecule is CC1CCC(C(C)C)C(C2=CC([SiH](C)C)C=C2)C1.[LiH].[LiH]. The molecule has 1 fully saturated rings. The van der Waals surface area contributed by atoms with Crippen molar-refractivity contribution in [3.05, 3.63) is 23.8 Å². The minimum atomic E-state index is -0.539. The van der Waals surface area contributed by atoms with E-state index in [1.165, 1.54) is 19.3 Å². The molecule has 2 rings (SSSR count). The van der Waals surface area contributed by atoms with E-state index in [4.69, 9.17) is 0 Å². The zero-order valence-corrected chi connectivity index (χ0v) is 14.0. The molecule has 4 atom stereocenters. The topological polar surface area (TPSA) is 0 Å². The van der Waals surface area contributed by atoms with E-state index in [0.717, 1.165) is 29.2 Å². The van der Waals surface area contributed by atoms with E-state index in [2.05, 4.69) is 52.1 Å². The molecule has 0 radical (unpaired) electrons. The van der Waals surface area contributed by atoms with Crippen molar-refractivity contribution in [1.29, 1.82) is 0 Å². The number of hydrogen-bond donors (Lipinski definition) is 0. The molecule has 3 heteroatoms. The third-order valence-corrected chi connectivity index (χ3v) is 7.07. The Bertz CT molecular complexity index is 347. The second-order valence-electron chi connectivity index (χ2n) is 7.28. The van der Waals surface area contributed by atoms with Crippen molar-refractivity contribution in [2.45, 2.75) is 58.7 Å². The van der Waals surface area contributed by atoms with Gasteiger partial charge in [-0.3, -0.25) is 0 Å². The fourth-order valence-electron chi connectivity index (χ4n) is 3.80. The molecular formula is C17H32Li2Si. The van der Waals surface area contributed by atoms with Crippen LogP contribution in [0.1, 0.15) is 40.0 Å². The second kappa shape index (κ2) is 9.13. The molecule has 0 amide bonds. The molecule has 0 aromatic rings. The van der Waals surface area contributed by atoms with Gasteiger partial charge in [-0.25, -0.2) is 0 Å². The predicted molar refractivity (Wildman–Crippen MR) is 99.0 cm³/mol. The van der Waals surface area contributed by atoms with Crippen LogP contribution in [0.5, 0.6) is 0 Å². The van der Waals surface area contributed by atoms with Gasteiger partial charge in [0.2, 0.25) is 0 Å². The van der Waals surface area contributed by atoms with Gasteiger partial charge in [-0.1, -0.05) is 58.5 Å². The fraction of sp³-hybridized carbons (Fsp3) is 0.765. The first-order valence-electron chi connectivity index (χ1n) is 7.89. The summed E-state index contributed by atoms with van der Waals surface area (Å²) < 4.78 is 0. The van der Waals surface area contributed by atoms with Crippen LogP contribution in [0.15, 0.2) is 23.8 Å². The third-order valence-electron chi connectivity index (χ3n) is 5.12. The Morgan fingerprint density at radius 1 is 1.15 bits per heavy atom. The zero-order chi connectivity index (χ0) is 13.3. The van der Waals surface area contributed by atoms with Gasteiger partial charge in [0.25, 0.3) is 0 Å². The maximum absolute atomic E-state index is 2.62. The van der Waals surface area contributed by atoms with Crippen LogP contribution in [-0.4, -0.2) is 46.5 Å². The average molecular weight is 278 g/mol. The van der Waals surface area contributed by atoms with Gasteiger partial charge in [0.15, 0.2) is 0 Å². The molecule has 4 unspecified atom stereocenters. The van der Waals surface area contributed by atoms with Gasteiger partial charge in [0, 0.05) is 8.80 Å². The van der Waals surface area contributed by atoms with Gasteiger partial charge in [-0.2, -0.15) is 0 Å². The van der Waals surface area contributed by atoms with Crippen LogP contribution in [0.4, 0.5) is 0 Å². The summed E-state index contributed by atoms with van der Waals surface area (Å²) in [7, 11) is -0.539. The second-order valence-corrected chi connectivity index (χ2v) is 10.5. The Morgan fingerprint density at radius 3 is 2.30 bits per heavy atom. The number of allylic oxidation sites excluding steroid dienone is 4. The first-order chi connectivity index (χ1) is 8.49. The summed E-state index contributed by atoms with van der Waals surface area (Å²) in [6, 6.07) is 0. The molecule has 0 heterocycles. The monoisotopic (exact) mass is 278 g/mol. The predicted octanol–water partition coefficient (Wildman–Crippen LogP) is 3.75. The van der Waals surface area contributed by atoms with E-state index in [1.54, 1.807) is 5.57 Å². The number of hydrogen-bond acceptors (Lipinski definition) is 0. The van der Waals surface area contributed by atoms with Crippen molar-refractivity contribution in [3.63, 3.8) is 0 Å². The van der Waals surface area contributed by atoms with Gasteiger partial charge in [-0.15, -0.1) is 0 Å². The normalized spacial score (nSPS) is 32.9. The molecule has 0 spiro atoms. The van der Waals surface area contributed by atoms with E-state index in [-0.39, 0.29) is 37.7 Å². The molecule has 0 aromatic carbocycles. The van der Waals surface area contributed by atoms with Gasteiger partial charge in [-0.05, 0) is 47.6 Å². The Morgan fingerprint density at radius 2 is 1.80 bits per heavy atom. The molecule has 0 nitrogen and oxygen atoms in total. The molecule has 0 bridgehead atoms. The molecular weight excluding hydrogens is 246 g/mol. The summed E-state index contributed by atoms with van der Waals surface area (Å²) in [5, 5.41) is 0. The van der Waals surface area contributed by atoms with Crippen molar-refractivity contribution in [3.8, 4) is 0 Å². The van der Waals surface area contributed by atoms with Crippen molar-refractivity contribution in [2.24, 2.45) is 23.7 Å². The number of rotatable bonds is 3. The summed E-state index contributed by atoms with van der Waals surface area (Å²) in [6.45, 7) is 12.2. The first-order valence-corrected chi connectivity index (χ1v) is 10.9. The van der Waals surface area contributed by atoms with Gasteiger partial charge in [0.05, 0.1) is 0 Å². The molecule has 0 aromatic heterocycles. The van der Waals surface area contributed by atoms with E-state index >= 15 is 0 Å². The summed E-state index contributed by atoms with van der Waals surface area (Å²) in [4.78, 5) is 0. The van der Waals surface area contributed by atoms with Gasteiger partial charge in [0.1, 0.15) is 0 Å². The Hall–Kier alpha value is 0.892. The average Bonchev–Trinajstić information content (AvgIpc) is 2.77. The summed E-state index contributed by atoms with van der Waals surface area (Å²) in [5.74, 6) is 3.54. The molecule has 20 heavy (non-hydrogen) atoms. The van der Waals surface area contributed by atoms with E-state index in [1.807, 2.05) is 0 Å². The standard InChI is InChI=1S/C17H30Si.2Li.2H/c1-12(2)16-9-6-13(3)10-17(16)14-7-8-15(11-14)18(4)5;;;;/h7-8,11-13,15-18H,6,9-10H2,1-5H3;;;;. The molecule has 0 N–H and O–H groups in total. The van der Waals surface area contributed by atoms with E-state index < -0.39 is 8.80 Å². The Kier molecular flexibility index (Phi) is 9.53. The Labute approximate surface area is 152 Å². The first kappa shape index (κ1) is 20.9. The minimum absolute atomic E-state index is 0. The van der Waals surface area contributed by atoms with Crippen LogP contribution in [-0.2, 0) is 0 Å². The van der Waals surface area contributed by atoms with Crippen molar-refractivity contribution < 1.29 is 0 Å². The van der Waals surface area contributed by atoms with Crippen LogP contribution in [0.25, 0.3) is 0 Å². The summed E-state index contributed by atoms with van der Waals surface area (Å²) >= 11 is 0. The van der Waals surface area contributed by atoms with Crippen LogP contribution in [0.3, 0.4) is 0 Å². The van der Waals surface area contributed by atoms with Crippen LogP contribution in [0, 0.1) is 23.7 Å². The van der Waals surface area contributed by atoms with E-state index in [0.29, 0.717) is 0 Å². The van der Waals surface area contributed by atoms with Gasteiger partial charge >= 0.3 is 37.7 Å². The molecule has 0 saturated heterocycles. The summed E-state index contributed by atoms with van der Waals surface area (Å²) in [6.07, 6.45) is 11.9. The molecule has 2 aliphatic carbocycles. The van der Waals surface area contributed by atoms with Crippen molar-refractivity contribution in [2.75, 3.05) is 0 Å². The zero-order valence-electron chi connectivity index (χ0n) is 12.8. The molecule has 2 aliphatic rings. The molecule has 106 valence electrons. The fourth-order valence-corrected chi connectivity index (χ4v) is 4.97. The quantitative estimate of drug-likeness (QED) is 0.690. The molecule has 0 aliphatic heterocycles. The third kappa shape index (κ3) is 4.97. The van der Waals surface area contributed by atoms with Crippen LogP contribution in [0.2, 0.25) is 18.6 Å².